The van der Waals surface area contributed by atoms with Gasteiger partial charge < -0.3 is 19.9 Å². The predicted octanol–water partition coefficient (Wildman–Crippen LogP) is 6.42. The van der Waals surface area contributed by atoms with Crippen molar-refractivity contribution in [3.05, 3.63) is 121 Å². The van der Waals surface area contributed by atoms with E-state index < -0.39 is 7.14 Å². The zero-order valence-electron chi connectivity index (χ0n) is 19.7. The third-order valence-corrected chi connectivity index (χ3v) is 9.93. The van der Waals surface area contributed by atoms with E-state index in [2.05, 4.69) is 0 Å². The molecule has 0 aromatic heterocycles. The monoisotopic (exact) mass is 502 g/mol. The highest BCUT2D eigenvalue weighted by atomic mass is 31.2. The van der Waals surface area contributed by atoms with Gasteiger partial charge in [0.1, 0.15) is 17.2 Å². The summed E-state index contributed by atoms with van der Waals surface area (Å²) < 4.78 is 15.5. The summed E-state index contributed by atoms with van der Waals surface area (Å²) in [6, 6.07) is 35.9. The van der Waals surface area contributed by atoms with Gasteiger partial charge in [-0.2, -0.15) is 0 Å². The molecule has 6 aromatic rings. The van der Waals surface area contributed by atoms with Crippen molar-refractivity contribution in [1.82, 2.24) is 0 Å². The van der Waals surface area contributed by atoms with Gasteiger partial charge in [-0.1, -0.05) is 60.7 Å². The van der Waals surface area contributed by atoms with Crippen LogP contribution in [0.4, 0.5) is 0 Å². The topological polar surface area (TPSA) is 77.8 Å². The highest BCUT2D eigenvalue weighted by molar-refractivity contribution is 7.85. The average Bonchev–Trinajstić information content (AvgIpc) is 2.93. The van der Waals surface area contributed by atoms with Crippen molar-refractivity contribution in [3.63, 3.8) is 0 Å². The smallest absolute Gasteiger partial charge is 0.171 e. The Hall–Kier alpha value is -4.53. The van der Waals surface area contributed by atoms with E-state index in [-0.39, 0.29) is 17.2 Å². The Morgan fingerprint density at radius 3 is 1.46 bits per heavy atom. The summed E-state index contributed by atoms with van der Waals surface area (Å²) in [4.78, 5) is 0. The predicted molar refractivity (Wildman–Crippen MR) is 151 cm³/mol. The maximum Gasteiger partial charge on any atom is 0.171 e. The lowest BCUT2D eigenvalue weighted by Gasteiger charge is -2.25. The molecule has 4 nitrogen and oxygen atoms in total. The molecule has 5 heteroatoms. The molecule has 0 saturated heterocycles. The van der Waals surface area contributed by atoms with Crippen LogP contribution >= 0.6 is 7.14 Å². The van der Waals surface area contributed by atoms with Crippen molar-refractivity contribution >= 4 is 44.6 Å². The Bertz CT molecular complexity index is 1770. The van der Waals surface area contributed by atoms with Crippen molar-refractivity contribution in [3.8, 4) is 28.4 Å². The number of phenols is 3. The van der Waals surface area contributed by atoms with Crippen molar-refractivity contribution < 1.29 is 19.9 Å². The molecule has 37 heavy (non-hydrogen) atoms. The lowest BCUT2D eigenvalue weighted by Crippen LogP contribution is -2.26. The maximum atomic E-state index is 15.5. The molecule has 0 saturated carbocycles. The van der Waals surface area contributed by atoms with Crippen LogP contribution in [0.15, 0.2) is 121 Å². The van der Waals surface area contributed by atoms with E-state index in [1.54, 1.807) is 30.3 Å². The van der Waals surface area contributed by atoms with E-state index in [9.17, 15) is 15.3 Å². The first-order chi connectivity index (χ1) is 18.0. The second kappa shape index (κ2) is 8.85. The van der Waals surface area contributed by atoms with E-state index >= 15 is 4.57 Å². The van der Waals surface area contributed by atoms with Gasteiger partial charge in [-0.15, -0.1) is 0 Å². The fourth-order valence-electron chi connectivity index (χ4n) is 5.06. The molecule has 0 unspecified atom stereocenters. The summed E-state index contributed by atoms with van der Waals surface area (Å²) in [7, 11) is -3.55. The summed E-state index contributed by atoms with van der Waals surface area (Å²) in [5.41, 5.74) is 1.31. The molecule has 0 amide bonds. The molecule has 0 aliphatic heterocycles. The summed E-state index contributed by atoms with van der Waals surface area (Å²) in [5.74, 6) is 0.247. The van der Waals surface area contributed by atoms with Crippen LogP contribution in [-0.2, 0) is 4.57 Å². The highest BCUT2D eigenvalue weighted by Gasteiger charge is 2.34. The van der Waals surface area contributed by atoms with Gasteiger partial charge in [-0.3, -0.25) is 0 Å². The zero-order valence-corrected chi connectivity index (χ0v) is 20.6. The van der Waals surface area contributed by atoms with E-state index in [1.807, 2.05) is 66.7 Å². The Morgan fingerprint density at radius 2 is 0.919 bits per heavy atom. The molecule has 0 fully saturated rings. The molecule has 0 aliphatic rings. The normalized spacial score (nSPS) is 11.7. The van der Waals surface area contributed by atoms with E-state index in [4.69, 9.17) is 0 Å². The quantitative estimate of drug-likeness (QED) is 0.243. The summed E-state index contributed by atoms with van der Waals surface area (Å²) in [6.07, 6.45) is 0. The fraction of sp³-hybridized carbons (Fsp3) is 0. The maximum absolute atomic E-state index is 15.5. The standard InChI is InChI=1S/C32H23O4P/c33-23-11-15-25(16-12-23)37(36,26-17-13-24(34)14-18-26)30-20-10-22-6-2-4-8-28(22)32(30)31-27-7-3-1-5-21(27)9-19-29(31)35/h1-20,33-35H. The average molecular weight is 503 g/mol. The third-order valence-electron chi connectivity index (χ3n) is 6.83. The Labute approximate surface area is 214 Å². The van der Waals surface area contributed by atoms with Gasteiger partial charge in [0.2, 0.25) is 0 Å². The van der Waals surface area contributed by atoms with Crippen molar-refractivity contribution in [2.75, 3.05) is 0 Å². The molecule has 0 radical (unpaired) electrons. The van der Waals surface area contributed by atoms with Gasteiger partial charge in [0.15, 0.2) is 7.14 Å². The molecule has 0 heterocycles. The van der Waals surface area contributed by atoms with Crippen LogP contribution in [0.3, 0.4) is 0 Å². The molecule has 3 N–H and O–H groups in total. The van der Waals surface area contributed by atoms with Gasteiger partial charge in [-0.05, 0) is 82.2 Å². The SMILES string of the molecule is O=P(c1ccc(O)cc1)(c1ccc(O)cc1)c1ccc2ccccc2c1-c1c(O)ccc2ccccc12. The van der Waals surface area contributed by atoms with Crippen LogP contribution in [0.1, 0.15) is 0 Å². The van der Waals surface area contributed by atoms with Crippen molar-refractivity contribution in [2.45, 2.75) is 0 Å². The lowest BCUT2D eigenvalue weighted by molar-refractivity contribution is 0.475. The number of benzene rings is 6. The van der Waals surface area contributed by atoms with E-state index in [0.717, 1.165) is 21.5 Å². The number of rotatable bonds is 4. The second-order valence-electron chi connectivity index (χ2n) is 9.00. The van der Waals surface area contributed by atoms with Gasteiger partial charge in [0, 0.05) is 27.0 Å². The molecule has 0 aliphatic carbocycles. The van der Waals surface area contributed by atoms with E-state index in [0.29, 0.717) is 27.0 Å². The molecule has 0 spiro atoms. The second-order valence-corrected chi connectivity index (χ2v) is 11.7. The molecule has 0 atom stereocenters. The van der Waals surface area contributed by atoms with Gasteiger partial charge >= 0.3 is 0 Å². The van der Waals surface area contributed by atoms with Crippen LogP contribution in [-0.4, -0.2) is 15.3 Å². The minimum absolute atomic E-state index is 0.0754. The minimum atomic E-state index is -3.55. The first-order valence-electron chi connectivity index (χ1n) is 11.9. The van der Waals surface area contributed by atoms with Crippen molar-refractivity contribution in [2.24, 2.45) is 0 Å². The van der Waals surface area contributed by atoms with Crippen molar-refractivity contribution in [1.29, 1.82) is 0 Å². The number of aromatic hydroxyl groups is 3. The van der Waals surface area contributed by atoms with Crippen LogP contribution in [0.25, 0.3) is 32.7 Å². The van der Waals surface area contributed by atoms with Gasteiger partial charge in [-0.25, -0.2) is 0 Å². The first-order valence-corrected chi connectivity index (χ1v) is 13.6. The number of phenolic OH excluding ortho intramolecular Hbond substituents is 3. The van der Waals surface area contributed by atoms with Crippen LogP contribution in [0.5, 0.6) is 17.2 Å². The molecule has 6 rings (SSSR count). The van der Waals surface area contributed by atoms with Crippen LogP contribution < -0.4 is 15.9 Å². The molecule has 180 valence electrons. The Morgan fingerprint density at radius 1 is 0.459 bits per heavy atom. The lowest BCUT2D eigenvalue weighted by atomic mass is 9.93. The minimum Gasteiger partial charge on any atom is -0.508 e. The molecule has 6 aromatic carbocycles. The van der Waals surface area contributed by atoms with Gasteiger partial charge in [0.25, 0.3) is 0 Å². The van der Waals surface area contributed by atoms with E-state index in [1.165, 1.54) is 24.3 Å². The highest BCUT2D eigenvalue weighted by Crippen LogP contribution is 2.49. The third kappa shape index (κ3) is 3.74. The largest absolute Gasteiger partial charge is 0.508 e. The molecule has 0 bridgehead atoms. The number of hydrogen-bond donors (Lipinski definition) is 3. The Balaban J connectivity index is 1.80. The fourth-order valence-corrected chi connectivity index (χ4v) is 7.88. The molecular formula is C32H23O4P. The summed E-state index contributed by atoms with van der Waals surface area (Å²) >= 11 is 0. The summed E-state index contributed by atoms with van der Waals surface area (Å²) in [6.45, 7) is 0. The number of fused-ring (bicyclic) bond motifs is 2. The first kappa shape index (κ1) is 22.9. The Kier molecular flexibility index (Phi) is 5.48. The van der Waals surface area contributed by atoms with Crippen LogP contribution in [0, 0.1) is 0 Å². The number of hydrogen-bond acceptors (Lipinski definition) is 4. The zero-order chi connectivity index (χ0) is 25.6. The molecular weight excluding hydrogens is 479 g/mol. The van der Waals surface area contributed by atoms with Crippen LogP contribution in [0.2, 0.25) is 0 Å². The summed E-state index contributed by atoms with van der Waals surface area (Å²) in [5, 5.41) is 36.5. The van der Waals surface area contributed by atoms with Gasteiger partial charge in [0.05, 0.1) is 0 Å².